The van der Waals surface area contributed by atoms with Crippen molar-refractivity contribution in [3.8, 4) is 0 Å². The third-order valence-corrected chi connectivity index (χ3v) is 3.47. The maximum atomic E-state index is 13.5. The lowest BCUT2D eigenvalue weighted by Crippen LogP contribution is -2.34. The molecular weight excluding hydrogens is 293 g/mol. The SMILES string of the molecule is CC(C)(C)OC(=O)NCCNc1nc2cccc(F)c2s1. The third kappa shape index (κ3) is 4.56. The lowest BCUT2D eigenvalue weighted by atomic mass is 10.2. The molecule has 1 aromatic heterocycles. The van der Waals surface area contributed by atoms with Crippen LogP contribution in [0.15, 0.2) is 18.2 Å². The van der Waals surface area contributed by atoms with Crippen LogP contribution in [0.1, 0.15) is 20.8 Å². The van der Waals surface area contributed by atoms with E-state index in [1.165, 1.54) is 17.4 Å². The first kappa shape index (κ1) is 15.5. The van der Waals surface area contributed by atoms with Gasteiger partial charge in [-0.3, -0.25) is 0 Å². The van der Waals surface area contributed by atoms with Crippen LogP contribution in [0.25, 0.3) is 10.2 Å². The smallest absolute Gasteiger partial charge is 0.407 e. The Morgan fingerprint density at radius 1 is 1.38 bits per heavy atom. The Morgan fingerprint density at radius 3 is 2.81 bits per heavy atom. The Kier molecular flexibility index (Phi) is 4.62. The van der Waals surface area contributed by atoms with Crippen LogP contribution in [-0.4, -0.2) is 29.8 Å². The monoisotopic (exact) mass is 311 g/mol. The molecule has 0 unspecified atom stereocenters. The molecule has 7 heteroatoms. The number of alkyl carbamates (subject to hydrolysis) is 1. The van der Waals surface area contributed by atoms with Crippen LogP contribution in [0.3, 0.4) is 0 Å². The molecule has 5 nitrogen and oxygen atoms in total. The number of nitrogens with zero attached hydrogens (tertiary/aromatic N) is 1. The molecule has 0 aliphatic carbocycles. The number of aromatic nitrogens is 1. The number of halogens is 1. The zero-order valence-corrected chi connectivity index (χ0v) is 13.0. The molecule has 1 heterocycles. The summed E-state index contributed by atoms with van der Waals surface area (Å²) in [6, 6.07) is 4.80. The number of fused-ring (bicyclic) bond motifs is 1. The summed E-state index contributed by atoms with van der Waals surface area (Å²) in [7, 11) is 0. The van der Waals surface area contributed by atoms with Crippen LogP contribution in [-0.2, 0) is 4.74 Å². The number of nitrogens with one attached hydrogen (secondary N) is 2. The van der Waals surface area contributed by atoms with Crippen molar-refractivity contribution in [2.45, 2.75) is 26.4 Å². The van der Waals surface area contributed by atoms with E-state index in [4.69, 9.17) is 4.74 Å². The molecule has 2 aromatic rings. The quantitative estimate of drug-likeness (QED) is 0.850. The van der Waals surface area contributed by atoms with Gasteiger partial charge in [-0.1, -0.05) is 17.4 Å². The van der Waals surface area contributed by atoms with Gasteiger partial charge in [-0.2, -0.15) is 0 Å². The second-order valence-corrected chi connectivity index (χ2v) is 6.46. The molecule has 0 fully saturated rings. The highest BCUT2D eigenvalue weighted by Crippen LogP contribution is 2.27. The maximum Gasteiger partial charge on any atom is 0.407 e. The summed E-state index contributed by atoms with van der Waals surface area (Å²) >= 11 is 1.25. The van der Waals surface area contributed by atoms with E-state index in [2.05, 4.69) is 15.6 Å². The number of hydrogen-bond acceptors (Lipinski definition) is 5. The lowest BCUT2D eigenvalue weighted by molar-refractivity contribution is 0.0530. The molecule has 0 bridgehead atoms. The third-order valence-electron chi connectivity index (χ3n) is 2.44. The van der Waals surface area contributed by atoms with Gasteiger partial charge in [-0.05, 0) is 32.9 Å². The number of ether oxygens (including phenoxy) is 1. The van der Waals surface area contributed by atoms with Crippen molar-refractivity contribution in [3.63, 3.8) is 0 Å². The van der Waals surface area contributed by atoms with Gasteiger partial charge < -0.3 is 15.4 Å². The van der Waals surface area contributed by atoms with Crippen molar-refractivity contribution in [3.05, 3.63) is 24.0 Å². The standard InChI is InChI=1S/C14H18FN3O2S/c1-14(2,3)20-13(19)17-8-7-16-12-18-10-6-4-5-9(15)11(10)21-12/h4-6H,7-8H2,1-3H3,(H,16,18)(H,17,19). The first-order valence-electron chi connectivity index (χ1n) is 6.61. The minimum Gasteiger partial charge on any atom is -0.444 e. The van der Waals surface area contributed by atoms with E-state index in [0.29, 0.717) is 28.4 Å². The summed E-state index contributed by atoms with van der Waals surface area (Å²) in [4.78, 5) is 15.7. The number of amides is 1. The highest BCUT2D eigenvalue weighted by Gasteiger charge is 2.15. The fourth-order valence-corrected chi connectivity index (χ4v) is 2.53. The van der Waals surface area contributed by atoms with Crippen LogP contribution in [0.5, 0.6) is 0 Å². The van der Waals surface area contributed by atoms with Gasteiger partial charge in [0.25, 0.3) is 0 Å². The van der Waals surface area contributed by atoms with Crippen molar-refractivity contribution in [1.29, 1.82) is 0 Å². The van der Waals surface area contributed by atoms with Gasteiger partial charge in [0.05, 0.1) is 10.2 Å². The highest BCUT2D eigenvalue weighted by molar-refractivity contribution is 7.22. The molecule has 0 spiro atoms. The van der Waals surface area contributed by atoms with Gasteiger partial charge in [0.15, 0.2) is 5.13 Å². The number of anilines is 1. The predicted octanol–water partition coefficient (Wildman–Crippen LogP) is 3.37. The summed E-state index contributed by atoms with van der Waals surface area (Å²) in [5.41, 5.74) is 0.116. The average Bonchev–Trinajstić information content (AvgIpc) is 2.77. The Labute approximate surface area is 126 Å². The lowest BCUT2D eigenvalue weighted by Gasteiger charge is -2.19. The van der Waals surface area contributed by atoms with E-state index in [1.54, 1.807) is 32.9 Å². The van der Waals surface area contributed by atoms with Crippen molar-refractivity contribution in [1.82, 2.24) is 10.3 Å². The molecule has 0 radical (unpaired) electrons. The van der Waals surface area contributed by atoms with Crippen molar-refractivity contribution < 1.29 is 13.9 Å². The molecule has 2 rings (SSSR count). The number of carbonyl (C=O) groups excluding carboxylic acids is 1. The van der Waals surface area contributed by atoms with Gasteiger partial charge in [0, 0.05) is 13.1 Å². The van der Waals surface area contributed by atoms with Gasteiger partial charge in [0.2, 0.25) is 0 Å². The predicted molar refractivity (Wildman–Crippen MR) is 82.3 cm³/mol. The van der Waals surface area contributed by atoms with E-state index in [0.717, 1.165) is 0 Å². The summed E-state index contributed by atoms with van der Waals surface area (Å²) in [6.07, 6.45) is -0.459. The molecule has 1 aromatic carbocycles. The minimum atomic E-state index is -0.512. The number of hydrogen-bond donors (Lipinski definition) is 2. The topological polar surface area (TPSA) is 63.2 Å². The molecule has 0 aliphatic heterocycles. The fourth-order valence-electron chi connectivity index (χ4n) is 1.64. The van der Waals surface area contributed by atoms with Crippen molar-refractivity contribution in [2.75, 3.05) is 18.4 Å². The Hall–Kier alpha value is -1.89. The second kappa shape index (κ2) is 6.26. The summed E-state index contributed by atoms with van der Waals surface area (Å²) in [5.74, 6) is -0.273. The maximum absolute atomic E-state index is 13.5. The number of carbonyl (C=O) groups is 1. The number of benzene rings is 1. The van der Waals surface area contributed by atoms with Gasteiger partial charge in [0.1, 0.15) is 11.4 Å². The molecule has 0 saturated carbocycles. The molecule has 114 valence electrons. The first-order chi connectivity index (χ1) is 9.85. The van der Waals surface area contributed by atoms with E-state index in [-0.39, 0.29) is 5.82 Å². The van der Waals surface area contributed by atoms with E-state index < -0.39 is 11.7 Å². The number of rotatable bonds is 4. The van der Waals surface area contributed by atoms with Crippen LogP contribution in [0, 0.1) is 5.82 Å². The highest BCUT2D eigenvalue weighted by atomic mass is 32.1. The molecule has 0 aliphatic rings. The van der Waals surface area contributed by atoms with Gasteiger partial charge >= 0.3 is 6.09 Å². The average molecular weight is 311 g/mol. The summed E-state index contributed by atoms with van der Waals surface area (Å²) < 4.78 is 19.2. The van der Waals surface area contributed by atoms with Gasteiger partial charge in [-0.25, -0.2) is 14.2 Å². The van der Waals surface area contributed by atoms with Crippen molar-refractivity contribution >= 4 is 32.8 Å². The molecule has 21 heavy (non-hydrogen) atoms. The molecule has 0 saturated heterocycles. The molecule has 0 atom stereocenters. The Morgan fingerprint density at radius 2 is 2.14 bits per heavy atom. The van der Waals surface area contributed by atoms with Crippen LogP contribution >= 0.6 is 11.3 Å². The molecular formula is C14H18FN3O2S. The largest absolute Gasteiger partial charge is 0.444 e. The molecule has 1 amide bonds. The van der Waals surface area contributed by atoms with Crippen LogP contribution in [0.4, 0.5) is 14.3 Å². The Balaban J connectivity index is 1.80. The second-order valence-electron chi connectivity index (χ2n) is 5.46. The van der Waals surface area contributed by atoms with Crippen LogP contribution < -0.4 is 10.6 Å². The number of thiazole rings is 1. The van der Waals surface area contributed by atoms with E-state index >= 15 is 0 Å². The fraction of sp³-hybridized carbons (Fsp3) is 0.429. The summed E-state index contributed by atoms with van der Waals surface area (Å²) in [5, 5.41) is 6.31. The minimum absolute atomic E-state index is 0.273. The molecule has 2 N–H and O–H groups in total. The van der Waals surface area contributed by atoms with Gasteiger partial charge in [-0.15, -0.1) is 0 Å². The van der Waals surface area contributed by atoms with E-state index in [9.17, 15) is 9.18 Å². The summed E-state index contributed by atoms with van der Waals surface area (Å²) in [6.45, 7) is 6.30. The normalized spacial score (nSPS) is 11.4. The first-order valence-corrected chi connectivity index (χ1v) is 7.42. The Bertz CT molecular complexity index is 637. The van der Waals surface area contributed by atoms with Crippen LogP contribution in [0.2, 0.25) is 0 Å². The van der Waals surface area contributed by atoms with Crippen molar-refractivity contribution in [2.24, 2.45) is 0 Å². The zero-order chi connectivity index (χ0) is 15.5. The zero-order valence-electron chi connectivity index (χ0n) is 12.2. The van der Waals surface area contributed by atoms with E-state index in [1.807, 2.05) is 0 Å².